The average molecular weight is 444 g/mol. The lowest BCUT2D eigenvalue weighted by atomic mass is 9.97. The zero-order valence-electron chi connectivity index (χ0n) is 16.6. The third-order valence-corrected chi connectivity index (χ3v) is 4.90. The largest absolute Gasteiger partial charge is 0.462 e. The molecule has 0 aromatic heterocycles. The molecule has 2 aromatic carbocycles. The van der Waals surface area contributed by atoms with Crippen molar-refractivity contribution in [3.63, 3.8) is 0 Å². The van der Waals surface area contributed by atoms with Gasteiger partial charge in [0.05, 0.1) is 38.6 Å². The number of benzene rings is 2. The van der Waals surface area contributed by atoms with Crippen molar-refractivity contribution < 1.29 is 29.5 Å². The van der Waals surface area contributed by atoms with Crippen LogP contribution in [0.3, 0.4) is 0 Å². The molecule has 1 aliphatic rings. The SMILES string of the molecule is CCCCCOC(=O)c1cc([N+](=O)[O-])cc2c1-c1c(cc([N+](=O)[O-])cc1[N+](=O)[O-])/C2=N\O. The van der Waals surface area contributed by atoms with Crippen molar-refractivity contribution in [2.24, 2.45) is 5.16 Å². The molecular weight excluding hydrogens is 428 g/mol. The van der Waals surface area contributed by atoms with Gasteiger partial charge in [0.15, 0.2) is 0 Å². The molecule has 0 heterocycles. The van der Waals surface area contributed by atoms with Crippen LogP contribution < -0.4 is 0 Å². The van der Waals surface area contributed by atoms with Crippen molar-refractivity contribution in [2.75, 3.05) is 6.61 Å². The third kappa shape index (κ3) is 3.82. The predicted octanol–water partition coefficient (Wildman–Crippen LogP) is 3.97. The number of rotatable bonds is 8. The Bertz CT molecular complexity index is 1190. The minimum Gasteiger partial charge on any atom is -0.462 e. The highest BCUT2D eigenvalue weighted by molar-refractivity contribution is 6.28. The Hall–Kier alpha value is -4.42. The summed E-state index contributed by atoms with van der Waals surface area (Å²) < 4.78 is 5.19. The molecule has 0 aliphatic heterocycles. The van der Waals surface area contributed by atoms with E-state index in [1.54, 1.807) is 0 Å². The molecule has 0 bridgehead atoms. The fraction of sp³-hybridized carbons (Fsp3) is 0.263. The van der Waals surface area contributed by atoms with Gasteiger partial charge in [-0.05, 0) is 6.42 Å². The Morgan fingerprint density at radius 1 is 0.938 bits per heavy atom. The van der Waals surface area contributed by atoms with Gasteiger partial charge in [-0.1, -0.05) is 24.9 Å². The number of nitro groups is 3. The number of unbranched alkanes of at least 4 members (excludes halogenated alkanes) is 2. The summed E-state index contributed by atoms with van der Waals surface area (Å²) in [5.41, 5.74) is -3.34. The summed E-state index contributed by atoms with van der Waals surface area (Å²) in [7, 11) is 0. The minimum atomic E-state index is -0.959. The summed E-state index contributed by atoms with van der Waals surface area (Å²) in [5, 5.41) is 47.0. The van der Waals surface area contributed by atoms with Crippen molar-refractivity contribution in [1.29, 1.82) is 0 Å². The zero-order valence-corrected chi connectivity index (χ0v) is 16.6. The molecule has 0 fully saturated rings. The molecule has 2 aromatic rings. The molecule has 0 saturated carbocycles. The number of hydrogen-bond acceptors (Lipinski definition) is 10. The number of ether oxygens (including phenoxy) is 1. The monoisotopic (exact) mass is 444 g/mol. The lowest BCUT2D eigenvalue weighted by molar-refractivity contribution is -0.393. The van der Waals surface area contributed by atoms with E-state index in [4.69, 9.17) is 4.74 Å². The first-order chi connectivity index (χ1) is 15.2. The van der Waals surface area contributed by atoms with Crippen molar-refractivity contribution in [1.82, 2.24) is 0 Å². The fourth-order valence-corrected chi connectivity index (χ4v) is 3.51. The second-order valence-electron chi connectivity index (χ2n) is 6.87. The van der Waals surface area contributed by atoms with Gasteiger partial charge in [0.2, 0.25) is 0 Å². The van der Waals surface area contributed by atoms with Crippen LogP contribution in [0.15, 0.2) is 29.4 Å². The Kier molecular flexibility index (Phi) is 6.09. The van der Waals surface area contributed by atoms with E-state index in [9.17, 15) is 40.3 Å². The number of hydrogen-bond donors (Lipinski definition) is 1. The number of non-ortho nitro benzene ring substituents is 2. The van der Waals surface area contributed by atoms with E-state index in [0.717, 1.165) is 31.0 Å². The van der Waals surface area contributed by atoms with Gasteiger partial charge in [-0.2, -0.15) is 0 Å². The highest BCUT2D eigenvalue weighted by atomic mass is 16.6. The molecule has 13 nitrogen and oxygen atoms in total. The maximum absolute atomic E-state index is 12.8. The number of carbonyl (C=O) groups is 1. The normalized spacial score (nSPS) is 12.8. The van der Waals surface area contributed by atoms with E-state index in [1.807, 2.05) is 6.92 Å². The van der Waals surface area contributed by atoms with Crippen molar-refractivity contribution >= 4 is 28.7 Å². The minimum absolute atomic E-state index is 0.0281. The molecule has 0 spiro atoms. The highest BCUT2D eigenvalue weighted by Gasteiger charge is 2.39. The number of oxime groups is 1. The van der Waals surface area contributed by atoms with Crippen LogP contribution in [0, 0.1) is 30.3 Å². The van der Waals surface area contributed by atoms with Gasteiger partial charge < -0.3 is 9.94 Å². The second-order valence-corrected chi connectivity index (χ2v) is 6.87. The Balaban J connectivity index is 2.31. The van der Waals surface area contributed by atoms with E-state index < -0.39 is 37.8 Å². The average Bonchev–Trinajstić information content (AvgIpc) is 3.08. The van der Waals surface area contributed by atoms with Crippen LogP contribution in [0.2, 0.25) is 0 Å². The van der Waals surface area contributed by atoms with Gasteiger partial charge in [-0.15, -0.1) is 0 Å². The first kappa shape index (κ1) is 22.3. The molecule has 166 valence electrons. The summed E-state index contributed by atoms with van der Waals surface area (Å²) in [6.45, 7) is 1.97. The third-order valence-electron chi connectivity index (χ3n) is 4.90. The van der Waals surface area contributed by atoms with Crippen LogP contribution >= 0.6 is 0 Å². The number of nitrogens with zero attached hydrogens (tertiary/aromatic N) is 4. The standard InChI is InChI=1S/C19H16N4O9/c1-2-3-4-5-32-19(24)14-8-10(21(26)27)6-12-16(14)17-13(18(12)20-25)7-11(22(28)29)9-15(17)23(30)31/h6-9,25H,2-5H2,1H3/b20-18-. The fourth-order valence-electron chi connectivity index (χ4n) is 3.51. The van der Waals surface area contributed by atoms with Gasteiger partial charge in [0.1, 0.15) is 5.71 Å². The van der Waals surface area contributed by atoms with Crippen molar-refractivity contribution in [3.8, 4) is 11.1 Å². The lowest BCUT2D eigenvalue weighted by Gasteiger charge is -2.10. The molecular formula is C19H16N4O9. The van der Waals surface area contributed by atoms with Gasteiger partial charge in [0, 0.05) is 34.9 Å². The molecule has 0 saturated heterocycles. The van der Waals surface area contributed by atoms with E-state index in [1.165, 1.54) is 0 Å². The summed E-state index contributed by atoms with van der Waals surface area (Å²) >= 11 is 0. The Morgan fingerprint density at radius 3 is 2.06 bits per heavy atom. The molecule has 1 N–H and O–H groups in total. The molecule has 3 rings (SSSR count). The molecule has 0 unspecified atom stereocenters. The van der Waals surface area contributed by atoms with E-state index in [0.29, 0.717) is 12.5 Å². The van der Waals surface area contributed by atoms with Gasteiger partial charge >= 0.3 is 5.97 Å². The van der Waals surface area contributed by atoms with Crippen LogP contribution in [-0.4, -0.2) is 38.3 Å². The maximum atomic E-state index is 12.8. The molecule has 0 amide bonds. The summed E-state index contributed by atoms with van der Waals surface area (Å²) in [6, 6.07) is 3.55. The topological polar surface area (TPSA) is 188 Å². The number of esters is 1. The predicted molar refractivity (Wildman–Crippen MR) is 109 cm³/mol. The summed E-state index contributed by atoms with van der Waals surface area (Å²) in [5.74, 6) is -0.959. The van der Waals surface area contributed by atoms with Crippen LogP contribution in [-0.2, 0) is 4.74 Å². The molecule has 32 heavy (non-hydrogen) atoms. The van der Waals surface area contributed by atoms with Crippen molar-refractivity contribution in [2.45, 2.75) is 26.2 Å². The van der Waals surface area contributed by atoms with Crippen LogP contribution in [0.1, 0.15) is 47.7 Å². The summed E-state index contributed by atoms with van der Waals surface area (Å²) in [6.07, 6.45) is 2.18. The molecule has 0 atom stereocenters. The lowest BCUT2D eigenvalue weighted by Crippen LogP contribution is -2.10. The van der Waals surface area contributed by atoms with E-state index in [-0.39, 0.29) is 40.1 Å². The van der Waals surface area contributed by atoms with Crippen LogP contribution in [0.5, 0.6) is 0 Å². The zero-order chi connectivity index (χ0) is 23.6. The van der Waals surface area contributed by atoms with Gasteiger partial charge in [0.25, 0.3) is 17.1 Å². The van der Waals surface area contributed by atoms with Crippen molar-refractivity contribution in [3.05, 3.63) is 71.3 Å². The van der Waals surface area contributed by atoms with Gasteiger partial charge in [-0.25, -0.2) is 4.79 Å². The second kappa shape index (κ2) is 8.75. The Labute approximate surface area is 179 Å². The number of carbonyl (C=O) groups excluding carboxylic acids is 1. The quantitative estimate of drug-likeness (QED) is 0.176. The van der Waals surface area contributed by atoms with E-state index in [2.05, 4.69) is 5.16 Å². The molecule has 1 aliphatic carbocycles. The highest BCUT2D eigenvalue weighted by Crippen LogP contribution is 2.47. The van der Waals surface area contributed by atoms with E-state index >= 15 is 0 Å². The summed E-state index contributed by atoms with van der Waals surface area (Å²) in [4.78, 5) is 44.6. The first-order valence-corrected chi connectivity index (χ1v) is 9.40. The molecule has 13 heteroatoms. The molecule has 0 radical (unpaired) electrons. The van der Waals surface area contributed by atoms with Crippen LogP contribution in [0.25, 0.3) is 11.1 Å². The van der Waals surface area contributed by atoms with Gasteiger partial charge in [-0.3, -0.25) is 30.3 Å². The maximum Gasteiger partial charge on any atom is 0.339 e. The Morgan fingerprint density at radius 2 is 1.53 bits per heavy atom. The number of nitro benzene ring substituents is 3. The smallest absolute Gasteiger partial charge is 0.339 e. The van der Waals surface area contributed by atoms with Crippen LogP contribution in [0.4, 0.5) is 17.1 Å². The first-order valence-electron chi connectivity index (χ1n) is 9.40. The number of fused-ring (bicyclic) bond motifs is 3.